The van der Waals surface area contributed by atoms with Gasteiger partial charge in [-0.05, 0) is 13.8 Å². The summed E-state index contributed by atoms with van der Waals surface area (Å²) in [4.78, 5) is 83.7. The Labute approximate surface area is 246 Å². The molecule has 0 saturated carbocycles. The number of nitrogens with one attached hydrogen (secondary N) is 2. The van der Waals surface area contributed by atoms with E-state index in [0.717, 1.165) is 0 Å². The maximum atomic E-state index is 12.8. The van der Waals surface area contributed by atoms with Gasteiger partial charge in [-0.15, -0.1) is 0 Å². The Morgan fingerprint density at radius 2 is 1.70 bits per heavy atom. The van der Waals surface area contributed by atoms with Crippen LogP contribution in [0.15, 0.2) is 11.1 Å². The third-order valence-corrected chi connectivity index (χ3v) is 6.39. The maximum Gasteiger partial charge on any atom is 0.306 e. The number of aromatic amines is 1. The van der Waals surface area contributed by atoms with E-state index in [1.54, 1.807) is 13.8 Å². The first-order valence-electron chi connectivity index (χ1n) is 13.8. The van der Waals surface area contributed by atoms with Gasteiger partial charge in [0.25, 0.3) is 5.56 Å². The minimum Gasteiger partial charge on any atom is -0.463 e. The third-order valence-electron chi connectivity index (χ3n) is 6.39. The Hall–Kier alpha value is -4.02. The summed E-state index contributed by atoms with van der Waals surface area (Å²) in [5.74, 6) is -2.64. The van der Waals surface area contributed by atoms with Gasteiger partial charge in [-0.1, -0.05) is 13.8 Å². The van der Waals surface area contributed by atoms with E-state index in [1.807, 2.05) is 0 Å². The minimum absolute atomic E-state index is 0.00385. The number of aromatic nitrogens is 4. The second kappa shape index (κ2) is 15.5. The first-order chi connectivity index (χ1) is 20.4. The fourth-order valence-corrected chi connectivity index (χ4v) is 4.10. The molecule has 2 aromatic heterocycles. The van der Waals surface area contributed by atoms with Crippen LogP contribution in [0.5, 0.6) is 0 Å². The second-order valence-electron chi connectivity index (χ2n) is 10.3. The fourth-order valence-electron chi connectivity index (χ4n) is 4.10. The van der Waals surface area contributed by atoms with Gasteiger partial charge in [0.15, 0.2) is 23.5 Å². The largest absolute Gasteiger partial charge is 0.463 e. The molecule has 0 bridgehead atoms. The smallest absolute Gasteiger partial charge is 0.306 e. The lowest BCUT2D eigenvalue weighted by Gasteiger charge is -2.25. The lowest BCUT2D eigenvalue weighted by molar-refractivity contribution is -0.162. The molecular formula is C27H37N5O11. The summed E-state index contributed by atoms with van der Waals surface area (Å²) in [7, 11) is 1.47. The van der Waals surface area contributed by atoms with Crippen molar-refractivity contribution in [1.82, 2.24) is 19.5 Å². The summed E-state index contributed by atoms with van der Waals surface area (Å²) in [6, 6.07) is 0. The van der Waals surface area contributed by atoms with Crippen LogP contribution in [-0.2, 0) is 47.7 Å². The van der Waals surface area contributed by atoms with E-state index in [4.69, 9.17) is 23.7 Å². The highest BCUT2D eigenvalue weighted by Gasteiger charge is 2.50. The standard InChI is InChI=1S/C27H37N5O11/c1-14(2)24(37)30-27-29-23-20(25(38)31-27)28-13-32(23)26-22(40-11-10-39-5)21(43-19(36)9-7-16(4)34)17(42-26)12-41-18(35)8-6-15(3)33/h13-14,17,21-22,26H,6-12H2,1-5H3,(H2,29,30,31,37,38)/t17-,21-,22-,26-/m1/s1. The van der Waals surface area contributed by atoms with Gasteiger partial charge >= 0.3 is 11.9 Å². The lowest BCUT2D eigenvalue weighted by Crippen LogP contribution is -2.40. The van der Waals surface area contributed by atoms with E-state index in [9.17, 15) is 28.8 Å². The van der Waals surface area contributed by atoms with Gasteiger partial charge in [0.2, 0.25) is 11.9 Å². The molecule has 3 heterocycles. The zero-order valence-corrected chi connectivity index (χ0v) is 24.7. The molecule has 1 aliphatic heterocycles. The van der Waals surface area contributed by atoms with Crippen LogP contribution < -0.4 is 10.9 Å². The van der Waals surface area contributed by atoms with Crippen molar-refractivity contribution in [2.75, 3.05) is 32.2 Å². The van der Waals surface area contributed by atoms with Crippen molar-refractivity contribution in [1.29, 1.82) is 0 Å². The van der Waals surface area contributed by atoms with Crippen molar-refractivity contribution < 1.29 is 47.7 Å². The lowest BCUT2D eigenvalue weighted by atomic mass is 10.1. The van der Waals surface area contributed by atoms with Crippen molar-refractivity contribution in [2.45, 2.75) is 77.9 Å². The van der Waals surface area contributed by atoms with Gasteiger partial charge in [-0.25, -0.2) is 4.98 Å². The molecule has 43 heavy (non-hydrogen) atoms. The number of nitrogens with zero attached hydrogens (tertiary/aromatic N) is 3. The monoisotopic (exact) mass is 607 g/mol. The van der Waals surface area contributed by atoms with Crippen LogP contribution in [0, 0.1) is 5.92 Å². The number of amides is 1. The second-order valence-corrected chi connectivity index (χ2v) is 10.3. The molecule has 1 saturated heterocycles. The van der Waals surface area contributed by atoms with E-state index in [0.29, 0.717) is 0 Å². The van der Waals surface area contributed by atoms with Crippen molar-refractivity contribution in [2.24, 2.45) is 5.92 Å². The average Bonchev–Trinajstić information content (AvgIpc) is 3.51. The molecule has 2 aromatic rings. The van der Waals surface area contributed by atoms with Crippen molar-refractivity contribution in [3.8, 4) is 0 Å². The molecule has 1 amide bonds. The maximum absolute atomic E-state index is 12.8. The molecule has 2 N–H and O–H groups in total. The van der Waals surface area contributed by atoms with Gasteiger partial charge in [-0.2, -0.15) is 4.98 Å². The summed E-state index contributed by atoms with van der Waals surface area (Å²) in [5.41, 5.74) is -0.648. The summed E-state index contributed by atoms with van der Waals surface area (Å²) in [6.07, 6.45) is -3.44. The van der Waals surface area contributed by atoms with Gasteiger partial charge in [0.05, 0.1) is 32.4 Å². The SMILES string of the molecule is COCCO[C@@H]1[C@H](OC(=O)CCC(C)=O)[C@@H](COC(=O)CCC(C)=O)O[C@H]1n1cnc2c(=O)[nH]c(NC(=O)C(C)C)nc21. The van der Waals surface area contributed by atoms with Gasteiger partial charge < -0.3 is 33.3 Å². The number of methoxy groups -OCH3 is 1. The Morgan fingerprint density at radius 1 is 1.02 bits per heavy atom. The highest BCUT2D eigenvalue weighted by molar-refractivity contribution is 5.91. The van der Waals surface area contributed by atoms with Crippen LogP contribution in [0.2, 0.25) is 0 Å². The number of carbonyl (C=O) groups excluding carboxylic acids is 5. The summed E-state index contributed by atoms with van der Waals surface area (Å²) < 4.78 is 29.8. The number of rotatable bonds is 16. The molecule has 3 rings (SSSR count). The summed E-state index contributed by atoms with van der Waals surface area (Å²) in [6.45, 7) is 5.91. The molecular weight excluding hydrogens is 570 g/mol. The molecule has 0 aliphatic carbocycles. The van der Waals surface area contributed by atoms with Crippen LogP contribution in [-0.4, -0.2) is 94.2 Å². The number of anilines is 1. The number of esters is 2. The number of hydrogen-bond donors (Lipinski definition) is 2. The average molecular weight is 608 g/mol. The number of imidazole rings is 1. The van der Waals surface area contributed by atoms with E-state index in [-0.39, 0.29) is 86.0 Å². The molecule has 1 fully saturated rings. The molecule has 236 valence electrons. The zero-order chi connectivity index (χ0) is 31.7. The summed E-state index contributed by atoms with van der Waals surface area (Å²) >= 11 is 0. The number of ketones is 2. The normalized spacial score (nSPS) is 19.9. The third kappa shape index (κ3) is 9.23. The molecule has 16 heteroatoms. The predicted octanol–water partition coefficient (Wildman–Crippen LogP) is 0.837. The predicted molar refractivity (Wildman–Crippen MR) is 148 cm³/mol. The summed E-state index contributed by atoms with van der Waals surface area (Å²) in [5, 5.41) is 2.54. The molecule has 0 radical (unpaired) electrons. The number of carbonyl (C=O) groups is 5. The topological polar surface area (TPSA) is 207 Å². The van der Waals surface area contributed by atoms with E-state index in [2.05, 4.69) is 20.3 Å². The Morgan fingerprint density at radius 3 is 2.33 bits per heavy atom. The van der Waals surface area contributed by atoms with Gasteiger partial charge in [0, 0.05) is 25.9 Å². The van der Waals surface area contributed by atoms with E-state index >= 15 is 0 Å². The Balaban J connectivity index is 1.98. The quantitative estimate of drug-likeness (QED) is 0.201. The molecule has 16 nitrogen and oxygen atoms in total. The number of hydrogen-bond acceptors (Lipinski definition) is 13. The van der Waals surface area contributed by atoms with Crippen LogP contribution in [0.25, 0.3) is 11.2 Å². The van der Waals surface area contributed by atoms with Crippen LogP contribution in [0.3, 0.4) is 0 Å². The molecule has 1 aliphatic rings. The van der Waals surface area contributed by atoms with Crippen molar-refractivity contribution in [3.05, 3.63) is 16.7 Å². The highest BCUT2D eigenvalue weighted by atomic mass is 16.6. The first kappa shape index (κ1) is 33.5. The Bertz CT molecular complexity index is 1390. The number of ether oxygens (including phenoxy) is 5. The number of fused-ring (bicyclic) bond motifs is 1. The van der Waals surface area contributed by atoms with Crippen LogP contribution in [0.1, 0.15) is 59.6 Å². The molecule has 4 atom stereocenters. The fraction of sp³-hybridized carbons (Fsp3) is 0.630. The van der Waals surface area contributed by atoms with Crippen LogP contribution >= 0.6 is 0 Å². The van der Waals surface area contributed by atoms with Crippen molar-refractivity contribution in [3.63, 3.8) is 0 Å². The van der Waals surface area contributed by atoms with Gasteiger partial charge in [-0.3, -0.25) is 34.0 Å². The van der Waals surface area contributed by atoms with Gasteiger partial charge in [0.1, 0.15) is 30.4 Å². The zero-order valence-electron chi connectivity index (χ0n) is 24.7. The van der Waals surface area contributed by atoms with E-state index < -0.39 is 42.0 Å². The molecule has 0 spiro atoms. The number of Topliss-reactive ketones (excluding diaryl/α,β-unsaturated/α-hetero) is 2. The van der Waals surface area contributed by atoms with Crippen LogP contribution in [0.4, 0.5) is 5.95 Å². The van der Waals surface area contributed by atoms with E-state index in [1.165, 1.54) is 31.9 Å². The molecule has 0 unspecified atom stereocenters. The first-order valence-corrected chi connectivity index (χ1v) is 13.8. The van der Waals surface area contributed by atoms with Crippen molar-refractivity contribution >= 4 is 46.5 Å². The number of H-pyrrole nitrogens is 1. The minimum atomic E-state index is -1.14. The molecule has 0 aromatic carbocycles. The highest BCUT2D eigenvalue weighted by Crippen LogP contribution is 2.36. The Kier molecular flexibility index (Phi) is 12.0.